The molecule has 0 fully saturated rings. The number of para-hydroxylation sites is 1. The summed E-state index contributed by atoms with van der Waals surface area (Å²) < 4.78 is 6.27. The third kappa shape index (κ3) is 5.55. The number of aromatic hydroxyl groups is 1. The van der Waals surface area contributed by atoms with Crippen LogP contribution in [0, 0.1) is 12.8 Å². The fourth-order valence-corrected chi connectivity index (χ4v) is 5.88. The Kier molecular flexibility index (Phi) is 7.35. The van der Waals surface area contributed by atoms with Gasteiger partial charge in [-0.3, -0.25) is 9.59 Å². The lowest BCUT2D eigenvalue weighted by Gasteiger charge is -2.28. The molecule has 3 aromatic rings. The van der Waals surface area contributed by atoms with Crippen LogP contribution in [0.4, 0.5) is 5.69 Å². The van der Waals surface area contributed by atoms with Crippen molar-refractivity contribution in [1.29, 1.82) is 0 Å². The molecule has 0 amide bonds. The smallest absolute Gasteiger partial charge is 0.176 e. The first-order valence-corrected chi connectivity index (χ1v) is 14.5. The van der Waals surface area contributed by atoms with Crippen LogP contribution >= 0.6 is 0 Å². The summed E-state index contributed by atoms with van der Waals surface area (Å²) in [7, 11) is 0. The van der Waals surface area contributed by atoms with Crippen molar-refractivity contribution in [3.05, 3.63) is 93.6 Å². The van der Waals surface area contributed by atoms with Crippen molar-refractivity contribution in [1.82, 2.24) is 0 Å². The Hall–Kier alpha value is -3.86. The van der Waals surface area contributed by atoms with E-state index in [1.54, 1.807) is 6.07 Å². The molecule has 0 bridgehead atoms. The number of hydrogen-bond donors (Lipinski definition) is 2. The third-order valence-corrected chi connectivity index (χ3v) is 8.14. The molecule has 41 heavy (non-hydrogen) atoms. The van der Waals surface area contributed by atoms with Crippen LogP contribution in [0.25, 0.3) is 6.08 Å². The number of fused-ring (bicyclic) bond motifs is 2. The number of phenolic OH excluding ortho intramolecular Hbond substituents is 1. The topological polar surface area (TPSA) is 75.6 Å². The van der Waals surface area contributed by atoms with E-state index in [2.05, 4.69) is 59.0 Å². The lowest BCUT2D eigenvalue weighted by molar-refractivity contribution is 0.0833. The normalized spacial score (nSPS) is 18.2. The number of ketones is 2. The summed E-state index contributed by atoms with van der Waals surface area (Å²) >= 11 is 0. The molecular weight excluding hydrogens is 510 g/mol. The highest BCUT2D eigenvalue weighted by Gasteiger charge is 2.43. The zero-order valence-electron chi connectivity index (χ0n) is 25.2. The summed E-state index contributed by atoms with van der Waals surface area (Å²) in [6.45, 7) is 15.2. The zero-order chi connectivity index (χ0) is 29.7. The second-order valence-corrected chi connectivity index (χ2v) is 13.5. The Morgan fingerprint density at radius 1 is 0.878 bits per heavy atom. The van der Waals surface area contributed by atoms with Crippen molar-refractivity contribution < 1.29 is 19.4 Å². The lowest BCUT2D eigenvalue weighted by Crippen LogP contribution is -2.36. The molecule has 2 atom stereocenters. The van der Waals surface area contributed by atoms with Crippen LogP contribution in [-0.2, 0) is 17.3 Å². The first kappa shape index (κ1) is 28.7. The van der Waals surface area contributed by atoms with E-state index in [1.807, 2.05) is 49.4 Å². The van der Waals surface area contributed by atoms with Gasteiger partial charge in [-0.15, -0.1) is 0 Å². The van der Waals surface area contributed by atoms with E-state index in [1.165, 1.54) is 5.56 Å². The van der Waals surface area contributed by atoms with Gasteiger partial charge in [0.1, 0.15) is 17.4 Å². The summed E-state index contributed by atoms with van der Waals surface area (Å²) in [6, 6.07) is 15.1. The standard InChI is InChI=1S/C36H41NO4/c1-21-13-15-24-25(18-21)33(39)30(32(24)38)28-16-14-23-11-8-12-29(31(23)37-28)41-17-9-10-22-19-26(35(2,3)4)34(40)27(20-22)36(5,6)7/h8,11-16,18-20,28,30,37,40H,9-10,17H2,1-7H3. The highest BCUT2D eigenvalue weighted by Crippen LogP contribution is 2.41. The largest absolute Gasteiger partial charge is 0.507 e. The van der Waals surface area contributed by atoms with Crippen LogP contribution in [0.5, 0.6) is 11.5 Å². The van der Waals surface area contributed by atoms with Gasteiger partial charge in [-0.1, -0.05) is 95.7 Å². The summed E-state index contributed by atoms with van der Waals surface area (Å²) in [6.07, 6.45) is 5.50. The minimum Gasteiger partial charge on any atom is -0.507 e. The second-order valence-electron chi connectivity index (χ2n) is 13.5. The first-order chi connectivity index (χ1) is 19.3. The molecule has 0 saturated heterocycles. The number of anilines is 1. The van der Waals surface area contributed by atoms with Crippen LogP contribution in [0.2, 0.25) is 0 Å². The predicted octanol–water partition coefficient (Wildman–Crippen LogP) is 7.81. The van der Waals surface area contributed by atoms with Gasteiger partial charge in [-0.2, -0.15) is 0 Å². The van der Waals surface area contributed by atoms with Gasteiger partial charge in [-0.05, 0) is 59.4 Å². The van der Waals surface area contributed by atoms with Crippen LogP contribution in [0.1, 0.15) is 96.5 Å². The van der Waals surface area contributed by atoms with Crippen molar-refractivity contribution in [3.8, 4) is 11.5 Å². The molecule has 1 aliphatic carbocycles. The fraction of sp³-hybridized carbons (Fsp3) is 0.389. The van der Waals surface area contributed by atoms with Crippen molar-refractivity contribution in [2.75, 3.05) is 11.9 Å². The van der Waals surface area contributed by atoms with E-state index in [0.29, 0.717) is 29.2 Å². The maximum Gasteiger partial charge on any atom is 0.176 e. The average Bonchev–Trinajstić information content (AvgIpc) is 3.14. The molecule has 0 saturated carbocycles. The molecule has 0 radical (unpaired) electrons. The minimum absolute atomic E-state index is 0.129. The van der Waals surface area contributed by atoms with Crippen molar-refractivity contribution in [2.24, 2.45) is 5.92 Å². The van der Waals surface area contributed by atoms with E-state index < -0.39 is 12.0 Å². The van der Waals surface area contributed by atoms with Gasteiger partial charge in [0.05, 0.1) is 18.3 Å². The van der Waals surface area contributed by atoms with Crippen molar-refractivity contribution in [3.63, 3.8) is 0 Å². The summed E-state index contributed by atoms with van der Waals surface area (Å²) in [4.78, 5) is 26.5. The van der Waals surface area contributed by atoms with Gasteiger partial charge in [0.2, 0.25) is 0 Å². The Bertz CT molecular complexity index is 1520. The van der Waals surface area contributed by atoms with Crippen LogP contribution < -0.4 is 10.1 Å². The number of nitrogens with one attached hydrogen (secondary N) is 1. The van der Waals surface area contributed by atoms with Gasteiger partial charge < -0.3 is 15.2 Å². The molecular formula is C36H41NO4. The minimum atomic E-state index is -0.784. The van der Waals surface area contributed by atoms with E-state index >= 15 is 0 Å². The van der Waals surface area contributed by atoms with Crippen molar-refractivity contribution in [2.45, 2.75) is 78.2 Å². The van der Waals surface area contributed by atoms with E-state index in [4.69, 9.17) is 4.74 Å². The van der Waals surface area contributed by atoms with Crippen LogP contribution in [-0.4, -0.2) is 29.3 Å². The number of hydrogen-bond acceptors (Lipinski definition) is 5. The summed E-state index contributed by atoms with van der Waals surface area (Å²) in [5.41, 5.74) is 6.55. The van der Waals surface area contributed by atoms with E-state index in [0.717, 1.165) is 40.8 Å². The van der Waals surface area contributed by atoms with Gasteiger partial charge in [0, 0.05) is 16.7 Å². The number of aryl methyl sites for hydroxylation is 2. The Labute approximate surface area is 243 Å². The highest BCUT2D eigenvalue weighted by molar-refractivity contribution is 6.27. The predicted molar refractivity (Wildman–Crippen MR) is 166 cm³/mol. The number of Topliss-reactive ketones (excluding diaryl/α,β-unsaturated/α-hetero) is 2. The number of carbonyl (C=O) groups is 2. The number of phenols is 1. The summed E-state index contributed by atoms with van der Waals surface area (Å²) in [5.74, 6) is 0.0578. The molecule has 2 N–H and O–H groups in total. The Balaban J connectivity index is 1.29. The number of ether oxygens (including phenoxy) is 1. The monoisotopic (exact) mass is 551 g/mol. The molecule has 2 unspecified atom stereocenters. The second kappa shape index (κ2) is 10.5. The number of carbonyl (C=O) groups excluding carboxylic acids is 2. The number of benzene rings is 3. The molecule has 1 heterocycles. The van der Waals surface area contributed by atoms with Gasteiger partial charge in [0.15, 0.2) is 11.6 Å². The number of rotatable bonds is 6. The van der Waals surface area contributed by atoms with Gasteiger partial charge in [-0.25, -0.2) is 0 Å². The van der Waals surface area contributed by atoms with E-state index in [9.17, 15) is 14.7 Å². The summed E-state index contributed by atoms with van der Waals surface area (Å²) in [5, 5.41) is 14.5. The molecule has 5 rings (SSSR count). The first-order valence-electron chi connectivity index (χ1n) is 14.5. The quantitative estimate of drug-likeness (QED) is 0.241. The van der Waals surface area contributed by atoms with E-state index in [-0.39, 0.29) is 22.4 Å². The third-order valence-electron chi connectivity index (χ3n) is 8.14. The van der Waals surface area contributed by atoms with Gasteiger partial charge >= 0.3 is 0 Å². The maximum atomic E-state index is 13.3. The molecule has 5 nitrogen and oxygen atoms in total. The molecule has 0 spiro atoms. The molecule has 2 aliphatic rings. The molecule has 214 valence electrons. The van der Waals surface area contributed by atoms with Gasteiger partial charge in [0.25, 0.3) is 0 Å². The zero-order valence-corrected chi connectivity index (χ0v) is 25.2. The van der Waals surface area contributed by atoms with Crippen LogP contribution in [0.15, 0.2) is 54.6 Å². The highest BCUT2D eigenvalue weighted by atomic mass is 16.5. The average molecular weight is 552 g/mol. The fourth-order valence-electron chi connectivity index (χ4n) is 5.88. The maximum absolute atomic E-state index is 13.3. The molecule has 5 heteroatoms. The van der Waals surface area contributed by atoms with Crippen LogP contribution in [0.3, 0.4) is 0 Å². The SMILES string of the molecule is Cc1ccc2c(c1)C(=O)C(C1C=Cc3cccc(OCCCc4cc(C(C)(C)C)c(O)c(C(C)(C)C)c4)c3N1)C2=O. The van der Waals surface area contributed by atoms with Crippen molar-refractivity contribution >= 4 is 23.3 Å². The molecule has 0 aromatic heterocycles. The Morgan fingerprint density at radius 3 is 2.20 bits per heavy atom. The lowest BCUT2D eigenvalue weighted by atomic mass is 9.78. The molecule has 1 aliphatic heterocycles. The Morgan fingerprint density at radius 2 is 1.54 bits per heavy atom. The molecule has 3 aromatic carbocycles.